The summed E-state index contributed by atoms with van der Waals surface area (Å²) in [7, 11) is -4.14. The summed E-state index contributed by atoms with van der Waals surface area (Å²) in [6, 6.07) is 15.0. The van der Waals surface area contributed by atoms with Crippen molar-refractivity contribution in [3.05, 3.63) is 71.7 Å². The molecule has 12 nitrogen and oxygen atoms in total. The standard InChI is InChI=1S/C26H30N8O4S3/c1-3-33(23-9-5-21(6-10-23)29-31-25-27-13-19-39-25)15-17-37-41(35,36)38-18-16-34(4-2)24-11-7-22(8-12-24)30-32-26-28-14-20-40-26/h5-14,19-20H,3-4,15-18H2,1-2H3. The normalized spacial score (nSPS) is 12.0. The third-order valence-electron chi connectivity index (χ3n) is 5.71. The minimum absolute atomic E-state index is 0.0455. The number of thiazole rings is 2. The zero-order valence-corrected chi connectivity index (χ0v) is 25.1. The number of rotatable bonds is 16. The Hall–Kier alpha value is -3.63. The van der Waals surface area contributed by atoms with Crippen LogP contribution >= 0.6 is 22.7 Å². The van der Waals surface area contributed by atoms with Gasteiger partial charge in [-0.05, 0) is 62.4 Å². The molecule has 2 aromatic heterocycles. The molecule has 0 aliphatic heterocycles. The highest BCUT2D eigenvalue weighted by Gasteiger charge is 2.15. The Kier molecular flexibility index (Phi) is 11.4. The lowest BCUT2D eigenvalue weighted by atomic mass is 10.2. The first-order valence-electron chi connectivity index (χ1n) is 12.8. The number of hydrogen-bond donors (Lipinski definition) is 0. The fraction of sp³-hybridized carbons (Fsp3) is 0.308. The largest absolute Gasteiger partial charge is 0.399 e. The van der Waals surface area contributed by atoms with Gasteiger partial charge in [-0.25, -0.2) is 18.3 Å². The minimum atomic E-state index is -4.14. The first-order valence-corrected chi connectivity index (χ1v) is 15.9. The van der Waals surface area contributed by atoms with E-state index in [1.54, 1.807) is 12.4 Å². The summed E-state index contributed by atoms with van der Waals surface area (Å²) in [5.74, 6) is 0. The van der Waals surface area contributed by atoms with Gasteiger partial charge in [0.2, 0.25) is 10.3 Å². The SMILES string of the molecule is CCN(CCOS(=O)(=O)OCCN(CC)c1ccc(N=Nc2nccs2)cc1)c1ccc(N=Nc2nccs2)cc1. The molecule has 0 saturated heterocycles. The summed E-state index contributed by atoms with van der Waals surface area (Å²) in [5.41, 5.74) is 3.22. The highest BCUT2D eigenvalue weighted by atomic mass is 32.3. The second-order valence-electron chi connectivity index (χ2n) is 8.27. The van der Waals surface area contributed by atoms with Crippen LogP contribution in [0.3, 0.4) is 0 Å². The molecule has 4 aromatic rings. The van der Waals surface area contributed by atoms with Crippen LogP contribution < -0.4 is 9.80 Å². The third-order valence-corrected chi connectivity index (χ3v) is 7.93. The topological polar surface area (TPSA) is 134 Å². The molecule has 0 aliphatic rings. The van der Waals surface area contributed by atoms with Crippen molar-refractivity contribution in [2.75, 3.05) is 49.2 Å². The van der Waals surface area contributed by atoms with Gasteiger partial charge >= 0.3 is 10.4 Å². The molecule has 2 heterocycles. The Morgan fingerprint density at radius 2 is 1.10 bits per heavy atom. The van der Waals surface area contributed by atoms with Crippen LogP contribution in [0.2, 0.25) is 0 Å². The van der Waals surface area contributed by atoms with Crippen LogP contribution in [0, 0.1) is 0 Å². The number of likely N-dealkylation sites (N-methyl/N-ethyl adjacent to an activating group) is 2. The van der Waals surface area contributed by atoms with Crippen molar-refractivity contribution in [3.63, 3.8) is 0 Å². The van der Waals surface area contributed by atoms with Gasteiger partial charge in [0.25, 0.3) is 0 Å². The van der Waals surface area contributed by atoms with Crippen molar-refractivity contribution < 1.29 is 16.8 Å². The van der Waals surface area contributed by atoms with Gasteiger partial charge in [-0.1, -0.05) is 0 Å². The zero-order chi connectivity index (χ0) is 28.9. The van der Waals surface area contributed by atoms with Crippen molar-refractivity contribution in [2.45, 2.75) is 13.8 Å². The van der Waals surface area contributed by atoms with Gasteiger partial charge in [0.05, 0.1) is 24.6 Å². The van der Waals surface area contributed by atoms with E-state index < -0.39 is 10.4 Å². The minimum Gasteiger partial charge on any atom is -0.369 e. The van der Waals surface area contributed by atoms with Gasteiger partial charge < -0.3 is 9.80 Å². The van der Waals surface area contributed by atoms with E-state index in [1.165, 1.54) is 22.7 Å². The van der Waals surface area contributed by atoms with Crippen LogP contribution in [0.25, 0.3) is 0 Å². The van der Waals surface area contributed by atoms with Crippen molar-refractivity contribution in [1.29, 1.82) is 0 Å². The average Bonchev–Trinajstić information content (AvgIpc) is 3.71. The molecule has 0 radical (unpaired) electrons. The molecule has 0 unspecified atom stereocenters. The summed E-state index contributed by atoms with van der Waals surface area (Å²) in [4.78, 5) is 12.1. The van der Waals surface area contributed by atoms with Crippen LogP contribution in [-0.4, -0.2) is 57.8 Å². The molecule has 0 aliphatic carbocycles. The van der Waals surface area contributed by atoms with Gasteiger partial charge in [0, 0.05) is 60.7 Å². The average molecular weight is 615 g/mol. The third kappa shape index (κ3) is 9.75. The lowest BCUT2D eigenvalue weighted by Gasteiger charge is -2.23. The summed E-state index contributed by atoms with van der Waals surface area (Å²) in [6.45, 7) is 5.94. The van der Waals surface area contributed by atoms with E-state index in [0.717, 1.165) is 11.4 Å². The summed E-state index contributed by atoms with van der Waals surface area (Å²) >= 11 is 2.82. The van der Waals surface area contributed by atoms with E-state index in [2.05, 4.69) is 30.4 Å². The van der Waals surface area contributed by atoms with E-state index in [4.69, 9.17) is 8.37 Å². The predicted octanol–water partition coefficient (Wildman–Crippen LogP) is 7.06. The Balaban J connectivity index is 1.20. The maximum atomic E-state index is 12.3. The molecule has 0 bridgehead atoms. The number of benzene rings is 2. The van der Waals surface area contributed by atoms with Crippen LogP contribution in [0.15, 0.2) is 92.1 Å². The van der Waals surface area contributed by atoms with Gasteiger partial charge in [0.15, 0.2) is 0 Å². The van der Waals surface area contributed by atoms with E-state index in [9.17, 15) is 8.42 Å². The smallest absolute Gasteiger partial charge is 0.369 e. The van der Waals surface area contributed by atoms with Crippen LogP contribution in [0.4, 0.5) is 33.0 Å². The second kappa shape index (κ2) is 15.4. The van der Waals surface area contributed by atoms with E-state index in [-0.39, 0.29) is 13.2 Å². The van der Waals surface area contributed by atoms with Gasteiger partial charge in [-0.3, -0.25) is 0 Å². The molecule has 2 aromatic carbocycles. The van der Waals surface area contributed by atoms with E-state index in [1.807, 2.05) is 82.9 Å². The van der Waals surface area contributed by atoms with Gasteiger partial charge in [-0.15, -0.1) is 43.1 Å². The molecule has 4 rings (SSSR count). The number of azo groups is 2. The molecule has 0 amide bonds. The van der Waals surface area contributed by atoms with Crippen molar-refractivity contribution >= 4 is 66.1 Å². The van der Waals surface area contributed by atoms with Crippen LogP contribution in [0.1, 0.15) is 13.8 Å². The van der Waals surface area contributed by atoms with E-state index in [0.29, 0.717) is 47.8 Å². The molecule has 216 valence electrons. The van der Waals surface area contributed by atoms with Gasteiger partial charge in [-0.2, -0.15) is 8.42 Å². The lowest BCUT2D eigenvalue weighted by molar-refractivity contribution is 0.221. The molecular formula is C26H30N8O4S3. The molecule has 0 atom stereocenters. The summed E-state index contributed by atoms with van der Waals surface area (Å²) < 4.78 is 34.9. The second-order valence-corrected chi connectivity index (χ2v) is 11.3. The first kappa shape index (κ1) is 30.3. The van der Waals surface area contributed by atoms with E-state index >= 15 is 0 Å². The van der Waals surface area contributed by atoms with Gasteiger partial charge in [0.1, 0.15) is 0 Å². The fourth-order valence-electron chi connectivity index (χ4n) is 3.66. The highest BCUT2D eigenvalue weighted by molar-refractivity contribution is 7.81. The number of anilines is 2. The first-order chi connectivity index (χ1) is 20.0. The fourth-order valence-corrected chi connectivity index (χ4v) is 5.20. The Morgan fingerprint density at radius 3 is 1.44 bits per heavy atom. The molecule has 15 heteroatoms. The number of aromatic nitrogens is 2. The Labute approximate surface area is 247 Å². The molecule has 0 N–H and O–H groups in total. The molecular weight excluding hydrogens is 585 g/mol. The molecule has 0 saturated carbocycles. The lowest BCUT2D eigenvalue weighted by Crippen LogP contribution is -2.30. The zero-order valence-electron chi connectivity index (χ0n) is 22.6. The van der Waals surface area contributed by atoms with Crippen molar-refractivity contribution in [2.24, 2.45) is 20.5 Å². The van der Waals surface area contributed by atoms with Crippen LogP contribution in [-0.2, 0) is 18.8 Å². The Morgan fingerprint density at radius 1 is 0.683 bits per heavy atom. The van der Waals surface area contributed by atoms with Crippen molar-refractivity contribution in [1.82, 2.24) is 9.97 Å². The highest BCUT2D eigenvalue weighted by Crippen LogP contribution is 2.24. The summed E-state index contributed by atoms with van der Waals surface area (Å²) in [5, 5.41) is 21.4. The number of hydrogen-bond acceptors (Lipinski definition) is 14. The van der Waals surface area contributed by atoms with Crippen LogP contribution in [0.5, 0.6) is 0 Å². The van der Waals surface area contributed by atoms with Crippen molar-refractivity contribution in [3.8, 4) is 0 Å². The quantitative estimate of drug-likeness (QED) is 0.122. The molecule has 41 heavy (non-hydrogen) atoms. The predicted molar refractivity (Wildman–Crippen MR) is 162 cm³/mol. The Bertz CT molecular complexity index is 1370. The number of nitrogens with zero attached hydrogens (tertiary/aromatic N) is 8. The maximum Gasteiger partial charge on any atom is 0.399 e. The summed E-state index contributed by atoms with van der Waals surface area (Å²) in [6.07, 6.45) is 3.35. The maximum absolute atomic E-state index is 12.3. The molecule has 0 fully saturated rings. The molecule has 0 spiro atoms. The monoisotopic (exact) mass is 614 g/mol.